The van der Waals surface area contributed by atoms with Gasteiger partial charge in [-0.15, -0.1) is 0 Å². The Morgan fingerprint density at radius 1 is 1.29 bits per heavy atom. The molecule has 0 spiro atoms. The Balaban J connectivity index is 1.84. The molecular weight excluding hydrogens is 418 g/mol. The van der Waals surface area contributed by atoms with Gasteiger partial charge < -0.3 is 15.0 Å². The summed E-state index contributed by atoms with van der Waals surface area (Å²) in [5.74, 6) is 0.893. The molecule has 4 N–H and O–H groups in total. The minimum absolute atomic E-state index is 0.0939. The first-order chi connectivity index (χ1) is 14.7. The van der Waals surface area contributed by atoms with Crippen molar-refractivity contribution in [1.29, 1.82) is 0 Å². The predicted molar refractivity (Wildman–Crippen MR) is 119 cm³/mol. The lowest BCUT2D eigenvalue weighted by Crippen LogP contribution is -2.37. The second kappa shape index (κ2) is 7.64. The van der Waals surface area contributed by atoms with Crippen molar-refractivity contribution in [3.63, 3.8) is 0 Å². The summed E-state index contributed by atoms with van der Waals surface area (Å²) in [5, 5.41) is 9.61. The van der Waals surface area contributed by atoms with Gasteiger partial charge in [0.15, 0.2) is 0 Å². The molecule has 3 aromatic heterocycles. The van der Waals surface area contributed by atoms with Crippen molar-refractivity contribution in [2.45, 2.75) is 18.9 Å². The number of rotatable bonds is 5. The minimum atomic E-state index is -3.84. The van der Waals surface area contributed by atoms with E-state index in [0.717, 1.165) is 0 Å². The molecule has 0 fully saturated rings. The molecule has 9 nitrogen and oxygen atoms in total. The van der Waals surface area contributed by atoms with Crippen molar-refractivity contribution in [3.8, 4) is 17.0 Å². The van der Waals surface area contributed by atoms with E-state index in [1.807, 2.05) is 13.0 Å². The van der Waals surface area contributed by atoms with Crippen molar-refractivity contribution in [1.82, 2.24) is 15.0 Å². The fraction of sp³-hybridized carbons (Fsp3) is 0.190. The van der Waals surface area contributed by atoms with Crippen molar-refractivity contribution in [3.05, 3.63) is 70.3 Å². The number of H-pyrrole nitrogens is 1. The Hall–Kier alpha value is -3.50. The van der Waals surface area contributed by atoms with Gasteiger partial charge in [-0.3, -0.25) is 9.78 Å². The van der Waals surface area contributed by atoms with Crippen LogP contribution in [0.15, 0.2) is 64.7 Å². The summed E-state index contributed by atoms with van der Waals surface area (Å²) < 4.78 is 29.0. The van der Waals surface area contributed by atoms with Crippen molar-refractivity contribution >= 4 is 26.6 Å². The van der Waals surface area contributed by atoms with Gasteiger partial charge in [0.05, 0.1) is 34.8 Å². The van der Waals surface area contributed by atoms with E-state index in [2.05, 4.69) is 20.3 Å². The second-order valence-electron chi connectivity index (χ2n) is 7.50. The third-order valence-corrected chi connectivity index (χ3v) is 6.07. The average molecular weight is 439 g/mol. The lowest BCUT2D eigenvalue weighted by molar-refractivity contribution is 0.413. The summed E-state index contributed by atoms with van der Waals surface area (Å²) in [4.78, 5) is 24.2. The number of ether oxygens (including phenoxy) is 1. The largest absolute Gasteiger partial charge is 0.495 e. The van der Waals surface area contributed by atoms with Crippen LogP contribution in [0.4, 0.5) is 5.82 Å². The van der Waals surface area contributed by atoms with Gasteiger partial charge in [0, 0.05) is 24.4 Å². The molecule has 0 aliphatic heterocycles. The van der Waals surface area contributed by atoms with Crippen molar-refractivity contribution in [2.75, 3.05) is 12.4 Å². The van der Waals surface area contributed by atoms with Gasteiger partial charge in [-0.1, -0.05) is 12.2 Å². The molecule has 0 amide bonds. The molecule has 4 rings (SSSR count). The summed E-state index contributed by atoms with van der Waals surface area (Å²) in [6, 6.07) is 5.36. The highest BCUT2D eigenvalue weighted by molar-refractivity contribution is 7.93. The minimum Gasteiger partial charge on any atom is -0.495 e. The maximum absolute atomic E-state index is 12.6. The van der Waals surface area contributed by atoms with E-state index in [1.165, 1.54) is 6.08 Å². The number of aromatic nitrogens is 3. The van der Waals surface area contributed by atoms with Gasteiger partial charge >= 0.3 is 0 Å². The zero-order valence-electron chi connectivity index (χ0n) is 16.9. The monoisotopic (exact) mass is 439 g/mol. The first-order valence-electron chi connectivity index (χ1n) is 9.40. The summed E-state index contributed by atoms with van der Waals surface area (Å²) in [6.07, 6.45) is 9.81. The summed E-state index contributed by atoms with van der Waals surface area (Å²) in [7, 11) is -2.29. The summed E-state index contributed by atoms with van der Waals surface area (Å²) >= 11 is 0. The lowest BCUT2D eigenvalue weighted by atomic mass is 9.93. The standard InChI is InChI=1S/C21H21N5O4S/c1-21(6-3-4-16(10-21)31(22,28)29)26-19-18-13(5-7-24-20(18)27)9-17(25-19)14-8-15(30-2)12-23-11-14/h3-9,11-12H,10H2,1-2H3,(H,24,27)(H,25,26)(H2,22,28,29). The molecule has 1 aliphatic carbocycles. The number of pyridine rings is 3. The van der Waals surface area contributed by atoms with Gasteiger partial charge in [-0.2, -0.15) is 0 Å². The number of hydrogen-bond acceptors (Lipinski definition) is 7. The molecule has 0 saturated heterocycles. The van der Waals surface area contributed by atoms with E-state index in [9.17, 15) is 13.2 Å². The molecule has 31 heavy (non-hydrogen) atoms. The number of nitrogens with zero attached hydrogens (tertiary/aromatic N) is 2. The molecule has 0 saturated carbocycles. The summed E-state index contributed by atoms with van der Waals surface area (Å²) in [5.41, 5.74) is 0.148. The molecule has 3 heterocycles. The normalized spacial score (nSPS) is 18.6. The van der Waals surface area contributed by atoms with Crippen LogP contribution in [0.5, 0.6) is 5.75 Å². The third kappa shape index (κ3) is 4.21. The SMILES string of the molecule is COc1cncc(-c2cc3cc[nH]c(=O)c3c(NC3(C)C=CC=C(S(N)(=O)=O)C3)n2)c1. The number of sulfonamides is 1. The van der Waals surface area contributed by atoms with Crippen LogP contribution in [-0.2, 0) is 10.0 Å². The maximum atomic E-state index is 12.6. The predicted octanol–water partition coefficient (Wildman–Crippen LogP) is 2.30. The van der Waals surface area contributed by atoms with Crippen LogP contribution in [0.25, 0.3) is 22.0 Å². The smallest absolute Gasteiger partial charge is 0.259 e. The van der Waals surface area contributed by atoms with Crippen molar-refractivity contribution < 1.29 is 13.2 Å². The van der Waals surface area contributed by atoms with E-state index < -0.39 is 15.6 Å². The highest BCUT2D eigenvalue weighted by Crippen LogP contribution is 2.32. The van der Waals surface area contributed by atoms with Gasteiger partial charge in [0.2, 0.25) is 10.0 Å². The Bertz CT molecular complexity index is 1390. The number of nitrogens with two attached hydrogens (primary N) is 1. The highest BCUT2D eigenvalue weighted by Gasteiger charge is 2.30. The number of fused-ring (bicyclic) bond motifs is 1. The Morgan fingerprint density at radius 3 is 2.84 bits per heavy atom. The molecule has 1 unspecified atom stereocenters. The molecule has 3 aromatic rings. The van der Waals surface area contributed by atoms with Crippen LogP contribution in [-0.4, -0.2) is 36.0 Å². The number of allylic oxidation sites excluding steroid dienone is 2. The van der Waals surface area contributed by atoms with Crippen LogP contribution >= 0.6 is 0 Å². The zero-order valence-corrected chi connectivity index (χ0v) is 17.7. The molecular formula is C21H21N5O4S. The Morgan fingerprint density at radius 2 is 2.10 bits per heavy atom. The number of primary sulfonamides is 1. The second-order valence-corrected chi connectivity index (χ2v) is 9.11. The van der Waals surface area contributed by atoms with E-state index in [4.69, 9.17) is 9.88 Å². The van der Waals surface area contributed by atoms with Gasteiger partial charge in [-0.05, 0) is 36.6 Å². The molecule has 0 bridgehead atoms. The van der Waals surface area contributed by atoms with Crippen LogP contribution in [0.1, 0.15) is 13.3 Å². The molecule has 1 aliphatic rings. The quantitative estimate of drug-likeness (QED) is 0.554. The third-order valence-electron chi connectivity index (χ3n) is 5.06. The van der Waals surface area contributed by atoms with Gasteiger partial charge in [0.1, 0.15) is 11.6 Å². The number of anilines is 1. The van der Waals surface area contributed by atoms with Gasteiger partial charge in [-0.25, -0.2) is 18.5 Å². The molecule has 1 atom stereocenters. The molecule has 0 radical (unpaired) electrons. The highest BCUT2D eigenvalue weighted by atomic mass is 32.2. The van der Waals surface area contributed by atoms with Crippen LogP contribution in [0, 0.1) is 0 Å². The first-order valence-corrected chi connectivity index (χ1v) is 10.9. The topological polar surface area (TPSA) is 140 Å². The summed E-state index contributed by atoms with van der Waals surface area (Å²) in [6.45, 7) is 1.81. The number of nitrogens with one attached hydrogen (secondary N) is 2. The first kappa shape index (κ1) is 20.8. The van der Waals surface area contributed by atoms with Crippen LogP contribution in [0.2, 0.25) is 0 Å². The van der Waals surface area contributed by atoms with Crippen LogP contribution < -0.4 is 20.8 Å². The maximum Gasteiger partial charge on any atom is 0.259 e. The average Bonchev–Trinajstić information content (AvgIpc) is 2.73. The van der Waals surface area contributed by atoms with E-state index in [1.54, 1.807) is 50.0 Å². The Kier molecular flexibility index (Phi) is 5.11. The Labute approximate surface area is 178 Å². The number of hydrogen-bond donors (Lipinski definition) is 3. The van der Waals surface area contributed by atoms with Crippen molar-refractivity contribution in [2.24, 2.45) is 5.14 Å². The molecule has 160 valence electrons. The number of methoxy groups -OCH3 is 1. The fourth-order valence-electron chi connectivity index (χ4n) is 3.52. The lowest BCUT2D eigenvalue weighted by Gasteiger charge is -2.31. The van der Waals surface area contributed by atoms with Crippen LogP contribution in [0.3, 0.4) is 0 Å². The van der Waals surface area contributed by atoms with E-state index >= 15 is 0 Å². The molecule has 10 heteroatoms. The van der Waals surface area contributed by atoms with E-state index in [-0.39, 0.29) is 16.9 Å². The fourth-order valence-corrected chi connectivity index (χ4v) is 4.29. The van der Waals surface area contributed by atoms with Gasteiger partial charge in [0.25, 0.3) is 5.56 Å². The zero-order chi connectivity index (χ0) is 22.2. The number of aromatic amines is 1. The molecule has 0 aromatic carbocycles. The van der Waals surface area contributed by atoms with E-state index in [0.29, 0.717) is 33.6 Å².